The summed E-state index contributed by atoms with van der Waals surface area (Å²) >= 11 is 1.52. The second-order valence-corrected chi connectivity index (χ2v) is 6.95. The lowest BCUT2D eigenvalue weighted by atomic mass is 10.1. The van der Waals surface area contributed by atoms with Crippen LogP contribution in [0.25, 0.3) is 0 Å². The van der Waals surface area contributed by atoms with Crippen LogP contribution in [0.3, 0.4) is 0 Å². The predicted octanol–water partition coefficient (Wildman–Crippen LogP) is 2.27. The van der Waals surface area contributed by atoms with Crippen molar-refractivity contribution < 1.29 is 14.3 Å². The number of hydrogen-bond donors (Lipinski definition) is 0. The second-order valence-electron chi connectivity index (χ2n) is 5.89. The number of hydrogen-bond acceptors (Lipinski definition) is 5. The maximum atomic E-state index is 12.7. The van der Waals surface area contributed by atoms with Crippen LogP contribution in [0.1, 0.15) is 28.3 Å². The van der Waals surface area contributed by atoms with Gasteiger partial charge in [-0.15, -0.1) is 17.9 Å². The van der Waals surface area contributed by atoms with Gasteiger partial charge in [-0.05, 0) is 25.7 Å². The zero-order valence-corrected chi connectivity index (χ0v) is 13.7. The first-order valence-electron chi connectivity index (χ1n) is 7.72. The molecule has 1 aromatic rings. The van der Waals surface area contributed by atoms with Crippen LogP contribution in [-0.2, 0) is 9.47 Å². The molecule has 1 saturated carbocycles. The Balaban J connectivity index is 1.65. The maximum Gasteiger partial charge on any atom is 0.273 e. The van der Waals surface area contributed by atoms with Crippen molar-refractivity contribution >= 4 is 17.2 Å². The third-order valence-corrected chi connectivity index (χ3v) is 5.10. The number of ether oxygens (including phenoxy) is 2. The van der Waals surface area contributed by atoms with Crippen LogP contribution < -0.4 is 0 Å². The fourth-order valence-electron chi connectivity index (χ4n) is 3.37. The monoisotopic (exact) mass is 322 g/mol. The van der Waals surface area contributed by atoms with Gasteiger partial charge in [0.2, 0.25) is 0 Å². The largest absolute Gasteiger partial charge is 0.377 e. The molecule has 5 nitrogen and oxygen atoms in total. The lowest BCUT2D eigenvalue weighted by Crippen LogP contribution is -2.51. The highest BCUT2D eigenvalue weighted by molar-refractivity contribution is 7.09. The quantitative estimate of drug-likeness (QED) is 0.616. The lowest BCUT2D eigenvalue weighted by molar-refractivity contribution is -0.0451. The molecule has 0 spiro atoms. The Morgan fingerprint density at radius 2 is 2.50 bits per heavy atom. The van der Waals surface area contributed by atoms with E-state index < -0.39 is 0 Å². The summed E-state index contributed by atoms with van der Waals surface area (Å²) in [5.41, 5.74) is 0.564. The van der Waals surface area contributed by atoms with Gasteiger partial charge in [-0.3, -0.25) is 4.79 Å². The summed E-state index contributed by atoms with van der Waals surface area (Å²) in [6.45, 7) is 8.12. The van der Waals surface area contributed by atoms with E-state index in [0.717, 1.165) is 17.8 Å². The Bertz CT molecular complexity index is 545. The van der Waals surface area contributed by atoms with E-state index in [1.54, 1.807) is 6.08 Å². The van der Waals surface area contributed by atoms with Crippen molar-refractivity contribution in [2.24, 2.45) is 5.92 Å². The molecule has 1 saturated heterocycles. The molecule has 6 heteroatoms. The Kier molecular flexibility index (Phi) is 4.90. The average molecular weight is 322 g/mol. The summed E-state index contributed by atoms with van der Waals surface area (Å²) < 4.78 is 11.4. The molecule has 0 bridgehead atoms. The van der Waals surface area contributed by atoms with Gasteiger partial charge in [0, 0.05) is 18.5 Å². The van der Waals surface area contributed by atoms with Crippen LogP contribution in [-0.4, -0.2) is 54.3 Å². The summed E-state index contributed by atoms with van der Waals surface area (Å²) in [4.78, 5) is 19.0. The zero-order valence-electron chi connectivity index (χ0n) is 12.9. The first kappa shape index (κ1) is 15.6. The van der Waals surface area contributed by atoms with Crippen molar-refractivity contribution in [3.05, 3.63) is 28.7 Å². The molecule has 3 unspecified atom stereocenters. The highest BCUT2D eigenvalue weighted by Gasteiger charge is 2.43. The Morgan fingerprint density at radius 1 is 1.64 bits per heavy atom. The first-order valence-corrected chi connectivity index (χ1v) is 8.60. The maximum absolute atomic E-state index is 12.7. The predicted molar refractivity (Wildman–Crippen MR) is 85.2 cm³/mol. The fourth-order valence-corrected chi connectivity index (χ4v) is 3.95. The molecule has 1 aromatic heterocycles. The number of carbonyl (C=O) groups is 1. The minimum absolute atomic E-state index is 0.0373. The lowest BCUT2D eigenvalue weighted by Gasteiger charge is -2.37. The molecule has 1 amide bonds. The first-order chi connectivity index (χ1) is 10.7. The van der Waals surface area contributed by atoms with E-state index in [1.807, 2.05) is 17.2 Å². The van der Waals surface area contributed by atoms with Gasteiger partial charge in [-0.2, -0.15) is 0 Å². The molecule has 0 radical (unpaired) electrons. The van der Waals surface area contributed by atoms with Crippen LogP contribution in [0.2, 0.25) is 0 Å². The number of aromatic nitrogens is 1. The normalized spacial score (nSPS) is 27.7. The topological polar surface area (TPSA) is 51.7 Å². The number of rotatable bonds is 5. The molecular formula is C16H22N2O3S. The molecule has 3 rings (SSSR count). The highest BCUT2D eigenvalue weighted by Crippen LogP contribution is 2.35. The van der Waals surface area contributed by atoms with Crippen LogP contribution in [0, 0.1) is 12.8 Å². The molecule has 1 aliphatic heterocycles. The third kappa shape index (κ3) is 3.24. The molecule has 2 heterocycles. The number of morpholine rings is 1. The van der Waals surface area contributed by atoms with Gasteiger partial charge in [0.1, 0.15) is 5.69 Å². The molecule has 120 valence electrons. The minimum atomic E-state index is 0.0373. The zero-order chi connectivity index (χ0) is 15.5. The molecule has 2 aliphatic rings. The van der Waals surface area contributed by atoms with Crippen molar-refractivity contribution in [2.45, 2.75) is 31.9 Å². The van der Waals surface area contributed by atoms with Gasteiger partial charge < -0.3 is 14.4 Å². The number of aryl methyl sites for hydroxylation is 1. The smallest absolute Gasteiger partial charge is 0.273 e. The average Bonchev–Trinajstić information content (AvgIpc) is 3.12. The molecule has 0 aromatic carbocycles. The van der Waals surface area contributed by atoms with Gasteiger partial charge in [0.05, 0.1) is 30.4 Å². The van der Waals surface area contributed by atoms with Gasteiger partial charge in [0.15, 0.2) is 0 Å². The number of nitrogens with zero attached hydrogens (tertiary/aromatic N) is 2. The summed E-state index contributed by atoms with van der Waals surface area (Å²) in [6, 6.07) is 0.153. The van der Waals surface area contributed by atoms with Crippen LogP contribution in [0.15, 0.2) is 18.0 Å². The van der Waals surface area contributed by atoms with Crippen LogP contribution in [0.4, 0.5) is 0 Å². The van der Waals surface area contributed by atoms with E-state index in [2.05, 4.69) is 11.6 Å². The van der Waals surface area contributed by atoms with Crippen LogP contribution in [0.5, 0.6) is 0 Å². The van der Waals surface area contributed by atoms with Gasteiger partial charge >= 0.3 is 0 Å². The Hall–Kier alpha value is -1.24. The summed E-state index contributed by atoms with van der Waals surface area (Å²) in [5.74, 6) is 0.482. The fraction of sp³-hybridized carbons (Fsp3) is 0.625. The molecule has 22 heavy (non-hydrogen) atoms. The van der Waals surface area contributed by atoms with Crippen molar-refractivity contribution in [1.82, 2.24) is 9.88 Å². The van der Waals surface area contributed by atoms with Crippen molar-refractivity contribution in [3.63, 3.8) is 0 Å². The number of thiazole rings is 1. The molecule has 2 fully saturated rings. The van der Waals surface area contributed by atoms with E-state index in [9.17, 15) is 4.79 Å². The van der Waals surface area contributed by atoms with Crippen molar-refractivity contribution in [2.75, 3.05) is 26.4 Å². The highest BCUT2D eigenvalue weighted by atomic mass is 32.1. The van der Waals surface area contributed by atoms with Gasteiger partial charge in [-0.25, -0.2) is 4.98 Å². The number of fused-ring (bicyclic) bond motifs is 1. The Morgan fingerprint density at radius 3 is 3.23 bits per heavy atom. The number of amides is 1. The molecule has 3 atom stereocenters. The Labute approximate surface area is 134 Å². The van der Waals surface area contributed by atoms with Crippen molar-refractivity contribution in [3.8, 4) is 0 Å². The number of carbonyl (C=O) groups excluding carboxylic acids is 1. The molecule has 0 N–H and O–H groups in total. The van der Waals surface area contributed by atoms with Gasteiger partial charge in [-0.1, -0.05) is 6.08 Å². The molecule has 1 aliphatic carbocycles. The second kappa shape index (κ2) is 6.89. The minimum Gasteiger partial charge on any atom is -0.377 e. The SMILES string of the molecule is C=CCOCC1CC2OCCN(C(=O)c3csc(C)n3)C2C1. The third-order valence-electron chi connectivity index (χ3n) is 4.32. The standard InChI is InChI=1S/C16H22N2O3S/c1-3-5-20-9-12-7-14-15(8-12)21-6-4-18(14)16(19)13-10-22-11(2)17-13/h3,10,12,14-15H,1,4-9H2,2H3. The summed E-state index contributed by atoms with van der Waals surface area (Å²) in [5, 5.41) is 2.78. The summed E-state index contributed by atoms with van der Waals surface area (Å²) in [6.07, 6.45) is 3.80. The van der Waals surface area contributed by atoms with E-state index >= 15 is 0 Å². The van der Waals surface area contributed by atoms with E-state index in [0.29, 0.717) is 38.0 Å². The van der Waals surface area contributed by atoms with Gasteiger partial charge in [0.25, 0.3) is 5.91 Å². The summed E-state index contributed by atoms with van der Waals surface area (Å²) in [7, 11) is 0. The van der Waals surface area contributed by atoms with E-state index in [-0.39, 0.29) is 18.1 Å². The van der Waals surface area contributed by atoms with Crippen LogP contribution >= 0.6 is 11.3 Å². The van der Waals surface area contributed by atoms with Crippen molar-refractivity contribution in [1.29, 1.82) is 0 Å². The molecular weight excluding hydrogens is 300 g/mol. The van der Waals surface area contributed by atoms with E-state index in [1.165, 1.54) is 11.3 Å². The van der Waals surface area contributed by atoms with E-state index in [4.69, 9.17) is 9.47 Å².